The minimum atomic E-state index is 0.650. The van der Waals surface area contributed by atoms with Crippen LogP contribution in [-0.2, 0) is 0 Å². The van der Waals surface area contributed by atoms with E-state index in [2.05, 4.69) is 137 Å². The van der Waals surface area contributed by atoms with Gasteiger partial charge in [0.25, 0.3) is 0 Å². The van der Waals surface area contributed by atoms with Crippen LogP contribution in [0.15, 0.2) is 140 Å². The molecular weight excluding hydrogens is 512 g/mol. The fourth-order valence-corrected chi connectivity index (χ4v) is 6.52. The van der Waals surface area contributed by atoms with E-state index in [1.165, 1.54) is 32.3 Å². The second-order valence-electron chi connectivity index (χ2n) is 10.7. The molecule has 9 rings (SSSR count). The summed E-state index contributed by atoms with van der Waals surface area (Å²) >= 11 is 0. The lowest BCUT2D eigenvalue weighted by atomic mass is 9.99. The zero-order chi connectivity index (χ0) is 27.6. The molecule has 42 heavy (non-hydrogen) atoms. The van der Waals surface area contributed by atoms with E-state index >= 15 is 0 Å². The lowest BCUT2D eigenvalue weighted by Crippen LogP contribution is -2.04. The molecule has 6 aromatic carbocycles. The first-order chi connectivity index (χ1) is 20.8. The third-order valence-corrected chi connectivity index (χ3v) is 8.34. The van der Waals surface area contributed by atoms with E-state index in [0.29, 0.717) is 5.95 Å². The van der Waals surface area contributed by atoms with Crippen molar-refractivity contribution in [1.29, 1.82) is 0 Å². The molecule has 0 saturated heterocycles. The molecule has 0 aliphatic heterocycles. The Morgan fingerprint density at radius 3 is 1.67 bits per heavy atom. The SMILES string of the molecule is c1ccc(-c2cc(-c3ccccc3)nc(-n3c4ccccc4c4c5ccccc5c5c6ccccc6[nH]c5c43)n2)cc1. The highest BCUT2D eigenvalue weighted by atomic mass is 15.2. The van der Waals surface area contributed by atoms with Gasteiger partial charge in [-0.05, 0) is 29.0 Å². The van der Waals surface area contributed by atoms with Gasteiger partial charge >= 0.3 is 0 Å². The van der Waals surface area contributed by atoms with Crippen molar-refractivity contribution in [3.63, 3.8) is 0 Å². The third-order valence-electron chi connectivity index (χ3n) is 8.34. The van der Waals surface area contributed by atoms with Gasteiger partial charge in [-0.15, -0.1) is 0 Å². The molecular formula is C38H24N4. The zero-order valence-corrected chi connectivity index (χ0v) is 22.6. The topological polar surface area (TPSA) is 46.5 Å². The molecule has 0 aliphatic rings. The van der Waals surface area contributed by atoms with Gasteiger partial charge in [0.05, 0.1) is 27.9 Å². The Morgan fingerprint density at radius 1 is 0.476 bits per heavy atom. The van der Waals surface area contributed by atoms with Gasteiger partial charge in [0.15, 0.2) is 0 Å². The summed E-state index contributed by atoms with van der Waals surface area (Å²) in [7, 11) is 0. The number of H-pyrrole nitrogens is 1. The number of aromatic nitrogens is 4. The molecule has 4 nitrogen and oxygen atoms in total. The summed E-state index contributed by atoms with van der Waals surface area (Å²) in [5.74, 6) is 0.650. The van der Waals surface area contributed by atoms with E-state index in [9.17, 15) is 0 Å². The van der Waals surface area contributed by atoms with E-state index < -0.39 is 0 Å². The average molecular weight is 537 g/mol. The first-order valence-corrected chi connectivity index (χ1v) is 14.2. The van der Waals surface area contributed by atoms with Gasteiger partial charge in [0.2, 0.25) is 5.95 Å². The van der Waals surface area contributed by atoms with Crippen LogP contribution in [0.5, 0.6) is 0 Å². The van der Waals surface area contributed by atoms with Crippen LogP contribution >= 0.6 is 0 Å². The molecule has 0 radical (unpaired) electrons. The van der Waals surface area contributed by atoms with Gasteiger partial charge < -0.3 is 4.98 Å². The van der Waals surface area contributed by atoms with Gasteiger partial charge in [-0.3, -0.25) is 4.57 Å². The molecule has 0 amide bonds. The smallest absolute Gasteiger partial charge is 0.235 e. The average Bonchev–Trinajstić information content (AvgIpc) is 3.62. The van der Waals surface area contributed by atoms with Gasteiger partial charge in [0.1, 0.15) is 0 Å². The summed E-state index contributed by atoms with van der Waals surface area (Å²) in [6.07, 6.45) is 0. The molecule has 9 aromatic rings. The van der Waals surface area contributed by atoms with Crippen LogP contribution in [0, 0.1) is 0 Å². The van der Waals surface area contributed by atoms with Crippen LogP contribution in [0.4, 0.5) is 0 Å². The van der Waals surface area contributed by atoms with Crippen LogP contribution in [0.1, 0.15) is 0 Å². The van der Waals surface area contributed by atoms with Crippen molar-refractivity contribution in [2.45, 2.75) is 0 Å². The summed E-state index contributed by atoms with van der Waals surface area (Å²) < 4.78 is 2.26. The van der Waals surface area contributed by atoms with Gasteiger partial charge in [-0.2, -0.15) is 0 Å². The standard InChI is InChI=1S/C38H24N4/c1-3-13-24(14-4-1)31-23-32(25-15-5-2-6-16-25)41-38(40-31)42-33-22-12-10-20-29(33)35-27-18-8-7-17-26(27)34-28-19-9-11-21-30(28)39-36(34)37(35)42/h1-23,39H. The highest BCUT2D eigenvalue weighted by Gasteiger charge is 2.23. The largest absolute Gasteiger partial charge is 0.353 e. The van der Waals surface area contributed by atoms with E-state index in [-0.39, 0.29) is 0 Å². The normalized spacial score (nSPS) is 11.8. The highest BCUT2D eigenvalue weighted by Crippen LogP contribution is 2.44. The maximum absolute atomic E-state index is 5.25. The van der Waals surface area contributed by atoms with Crippen LogP contribution in [0.3, 0.4) is 0 Å². The van der Waals surface area contributed by atoms with Crippen LogP contribution in [0.25, 0.3) is 82.8 Å². The van der Waals surface area contributed by atoms with E-state index in [4.69, 9.17) is 9.97 Å². The van der Waals surface area contributed by atoms with Crippen molar-refractivity contribution in [3.05, 3.63) is 140 Å². The molecule has 4 heteroatoms. The van der Waals surface area contributed by atoms with Crippen molar-refractivity contribution < 1.29 is 0 Å². The van der Waals surface area contributed by atoms with Crippen LogP contribution in [0.2, 0.25) is 0 Å². The van der Waals surface area contributed by atoms with Crippen molar-refractivity contribution in [3.8, 4) is 28.5 Å². The third kappa shape index (κ3) is 3.29. The Kier molecular flexibility index (Phi) is 4.87. The van der Waals surface area contributed by atoms with Gasteiger partial charge in [0, 0.05) is 38.2 Å². The monoisotopic (exact) mass is 536 g/mol. The van der Waals surface area contributed by atoms with E-state index in [1.54, 1.807) is 0 Å². The fourth-order valence-electron chi connectivity index (χ4n) is 6.52. The van der Waals surface area contributed by atoms with Gasteiger partial charge in [-0.25, -0.2) is 9.97 Å². The molecule has 0 aliphatic carbocycles. The number of para-hydroxylation sites is 2. The first kappa shape index (κ1) is 23.0. The summed E-state index contributed by atoms with van der Waals surface area (Å²) in [5, 5.41) is 7.28. The molecule has 0 spiro atoms. The minimum absolute atomic E-state index is 0.650. The maximum Gasteiger partial charge on any atom is 0.235 e. The Bertz CT molecular complexity index is 2390. The second kappa shape index (κ2) is 8.88. The molecule has 3 aromatic heterocycles. The fraction of sp³-hybridized carbons (Fsp3) is 0. The van der Waals surface area contributed by atoms with Crippen molar-refractivity contribution in [2.75, 3.05) is 0 Å². The molecule has 1 N–H and O–H groups in total. The lowest BCUT2D eigenvalue weighted by molar-refractivity contribution is 0.997. The molecule has 0 bridgehead atoms. The minimum Gasteiger partial charge on any atom is -0.353 e. The Morgan fingerprint density at radius 2 is 1.00 bits per heavy atom. The number of benzene rings is 6. The Labute approximate surface area is 241 Å². The number of nitrogens with one attached hydrogen (secondary N) is 1. The molecule has 0 unspecified atom stereocenters. The Hall–Kier alpha value is -5.74. The summed E-state index contributed by atoms with van der Waals surface area (Å²) in [5.41, 5.74) is 8.26. The molecule has 0 saturated carbocycles. The number of rotatable bonds is 3. The Balaban J connectivity index is 1.50. The second-order valence-corrected chi connectivity index (χ2v) is 10.7. The number of aromatic amines is 1. The predicted octanol–water partition coefficient (Wildman–Crippen LogP) is 9.70. The van der Waals surface area contributed by atoms with Crippen molar-refractivity contribution in [1.82, 2.24) is 19.5 Å². The summed E-state index contributed by atoms with van der Waals surface area (Å²) in [6, 6.07) is 48.7. The van der Waals surface area contributed by atoms with Crippen molar-refractivity contribution in [2.24, 2.45) is 0 Å². The number of hydrogen-bond donors (Lipinski definition) is 1. The van der Waals surface area contributed by atoms with Crippen molar-refractivity contribution >= 4 is 54.4 Å². The molecule has 0 atom stereocenters. The first-order valence-electron chi connectivity index (χ1n) is 14.2. The number of hydrogen-bond acceptors (Lipinski definition) is 2. The highest BCUT2D eigenvalue weighted by molar-refractivity contribution is 6.35. The lowest BCUT2D eigenvalue weighted by Gasteiger charge is -2.12. The maximum atomic E-state index is 5.25. The van der Waals surface area contributed by atoms with E-state index in [0.717, 1.165) is 44.6 Å². The quantitative estimate of drug-likeness (QED) is 0.244. The number of fused-ring (bicyclic) bond motifs is 10. The summed E-state index contributed by atoms with van der Waals surface area (Å²) in [4.78, 5) is 14.3. The molecule has 0 fully saturated rings. The van der Waals surface area contributed by atoms with Crippen LogP contribution in [-0.4, -0.2) is 19.5 Å². The zero-order valence-electron chi connectivity index (χ0n) is 22.6. The predicted molar refractivity (Wildman–Crippen MR) is 174 cm³/mol. The molecule has 196 valence electrons. The van der Waals surface area contributed by atoms with E-state index in [1.807, 2.05) is 12.1 Å². The number of nitrogens with zero attached hydrogens (tertiary/aromatic N) is 3. The summed E-state index contributed by atoms with van der Waals surface area (Å²) in [6.45, 7) is 0. The molecule has 3 heterocycles. The van der Waals surface area contributed by atoms with Gasteiger partial charge in [-0.1, -0.05) is 121 Å². The van der Waals surface area contributed by atoms with Crippen LogP contribution < -0.4 is 0 Å².